The molecule has 10 nitrogen and oxygen atoms in total. The smallest absolute Gasteiger partial charge is 0.261 e. The fraction of sp³-hybridized carbons (Fsp3) is 0.312. The van der Waals surface area contributed by atoms with E-state index in [1.54, 1.807) is 25.2 Å². The van der Waals surface area contributed by atoms with Gasteiger partial charge in [-0.1, -0.05) is 6.07 Å². The zero-order chi connectivity index (χ0) is 20.2. The fourth-order valence-corrected chi connectivity index (χ4v) is 2.89. The van der Waals surface area contributed by atoms with E-state index in [9.17, 15) is 18.0 Å². The molecular weight excluding hydrogens is 374 g/mol. The number of carbonyl (C=O) groups excluding carboxylic acids is 2. The van der Waals surface area contributed by atoms with Gasteiger partial charge < -0.3 is 15.0 Å². The van der Waals surface area contributed by atoms with Crippen LogP contribution in [0.4, 0.5) is 11.4 Å². The van der Waals surface area contributed by atoms with Crippen LogP contribution in [0.15, 0.2) is 30.5 Å². The minimum Gasteiger partial charge on any atom is -0.479 e. The van der Waals surface area contributed by atoms with Gasteiger partial charge in [0, 0.05) is 26.0 Å². The first-order valence-electron chi connectivity index (χ1n) is 7.80. The van der Waals surface area contributed by atoms with E-state index in [2.05, 4.69) is 15.1 Å². The molecule has 0 bridgehead atoms. The number of nitrogens with zero attached hydrogens (tertiary/aromatic N) is 3. The van der Waals surface area contributed by atoms with Gasteiger partial charge in [0.2, 0.25) is 21.8 Å². The van der Waals surface area contributed by atoms with Crippen LogP contribution in [0.25, 0.3) is 0 Å². The number of amides is 2. The molecule has 0 fully saturated rings. The second kappa shape index (κ2) is 8.08. The van der Waals surface area contributed by atoms with E-state index in [1.165, 1.54) is 36.0 Å². The third-order valence-electron chi connectivity index (χ3n) is 3.40. The number of sulfonamides is 1. The zero-order valence-electron chi connectivity index (χ0n) is 15.4. The highest BCUT2D eigenvalue weighted by atomic mass is 32.2. The molecule has 0 atom stereocenters. The number of likely N-dealkylation sites (N-methyl/N-ethyl adjacent to an activating group) is 1. The van der Waals surface area contributed by atoms with Crippen LogP contribution in [0, 0.1) is 0 Å². The molecule has 2 rings (SSSR count). The number of benzene rings is 1. The molecule has 0 saturated carbocycles. The predicted octanol–water partition coefficient (Wildman–Crippen LogP) is 0.511. The van der Waals surface area contributed by atoms with E-state index in [4.69, 9.17) is 4.74 Å². The third-order valence-corrected chi connectivity index (χ3v) is 4.00. The summed E-state index contributed by atoms with van der Waals surface area (Å²) in [6.07, 6.45) is 2.54. The fourth-order valence-electron chi connectivity index (χ4n) is 2.33. The van der Waals surface area contributed by atoms with Crippen molar-refractivity contribution in [2.45, 2.75) is 0 Å². The first-order chi connectivity index (χ1) is 12.6. The number of hydrogen-bond donors (Lipinski definition) is 2. The lowest BCUT2D eigenvalue weighted by Gasteiger charge is -2.16. The summed E-state index contributed by atoms with van der Waals surface area (Å²) in [7, 11) is 1.12. The number of rotatable bonds is 7. The van der Waals surface area contributed by atoms with Crippen molar-refractivity contribution >= 4 is 33.2 Å². The average molecular weight is 395 g/mol. The van der Waals surface area contributed by atoms with Crippen LogP contribution in [0.5, 0.6) is 5.88 Å². The number of anilines is 2. The maximum atomic E-state index is 12.5. The Bertz CT molecular complexity index is 954. The van der Waals surface area contributed by atoms with Gasteiger partial charge in [0.05, 0.1) is 25.6 Å². The Hall–Kier alpha value is -3.08. The lowest BCUT2D eigenvalue weighted by Crippen LogP contribution is -2.35. The van der Waals surface area contributed by atoms with Crippen molar-refractivity contribution in [2.24, 2.45) is 7.05 Å². The Morgan fingerprint density at radius 3 is 2.59 bits per heavy atom. The predicted molar refractivity (Wildman–Crippen MR) is 100 cm³/mol. The summed E-state index contributed by atoms with van der Waals surface area (Å²) in [5.74, 6) is -0.679. The van der Waals surface area contributed by atoms with Crippen LogP contribution in [0.3, 0.4) is 0 Å². The van der Waals surface area contributed by atoms with E-state index in [0.717, 1.165) is 6.26 Å². The Morgan fingerprint density at radius 2 is 1.96 bits per heavy atom. The molecule has 11 heteroatoms. The van der Waals surface area contributed by atoms with Crippen LogP contribution >= 0.6 is 0 Å². The van der Waals surface area contributed by atoms with Crippen molar-refractivity contribution < 1.29 is 22.7 Å². The summed E-state index contributed by atoms with van der Waals surface area (Å²) in [6, 6.07) is 6.24. The molecular formula is C16H21N5O5S. The molecule has 0 aliphatic rings. The topological polar surface area (TPSA) is 123 Å². The SMILES string of the molecule is COc1nn(C)cc1C(=O)N(C)CC(=O)Nc1cccc(NS(C)(=O)=O)c1. The third kappa shape index (κ3) is 5.71. The second-order valence-corrected chi connectivity index (χ2v) is 7.64. The van der Waals surface area contributed by atoms with Crippen molar-refractivity contribution in [3.8, 4) is 5.88 Å². The van der Waals surface area contributed by atoms with Crippen molar-refractivity contribution in [3.63, 3.8) is 0 Å². The van der Waals surface area contributed by atoms with Crippen molar-refractivity contribution in [1.29, 1.82) is 0 Å². The summed E-state index contributed by atoms with van der Waals surface area (Å²) in [5, 5.41) is 6.63. The summed E-state index contributed by atoms with van der Waals surface area (Å²) in [5.41, 5.74) is 0.961. The number of nitrogens with one attached hydrogen (secondary N) is 2. The van der Waals surface area contributed by atoms with Gasteiger partial charge in [-0.15, -0.1) is 5.10 Å². The van der Waals surface area contributed by atoms with Crippen molar-refractivity contribution in [1.82, 2.24) is 14.7 Å². The largest absolute Gasteiger partial charge is 0.479 e. The minimum absolute atomic E-state index is 0.175. The average Bonchev–Trinajstić information content (AvgIpc) is 2.93. The number of carbonyl (C=O) groups is 2. The number of methoxy groups -OCH3 is 1. The Morgan fingerprint density at radius 1 is 1.30 bits per heavy atom. The summed E-state index contributed by atoms with van der Waals surface area (Å²) in [6.45, 7) is -0.208. The van der Waals surface area contributed by atoms with Crippen LogP contribution in [0.2, 0.25) is 0 Å². The standard InChI is InChI=1S/C16H21N5O5S/c1-20(16(23)13-9-21(2)18-15(13)26-3)10-14(22)17-11-6-5-7-12(8-11)19-27(4,24)25/h5-9,19H,10H2,1-4H3,(H,17,22). The molecule has 1 aromatic carbocycles. The maximum Gasteiger partial charge on any atom is 0.261 e. The Balaban J connectivity index is 2.02. The van der Waals surface area contributed by atoms with Crippen LogP contribution in [-0.2, 0) is 21.9 Å². The van der Waals surface area contributed by atoms with Gasteiger partial charge in [-0.2, -0.15) is 0 Å². The quantitative estimate of drug-likeness (QED) is 0.704. The van der Waals surface area contributed by atoms with Crippen LogP contribution in [0.1, 0.15) is 10.4 Å². The van der Waals surface area contributed by atoms with E-state index in [0.29, 0.717) is 11.4 Å². The van der Waals surface area contributed by atoms with Gasteiger partial charge in [0.1, 0.15) is 5.56 Å². The molecule has 0 aliphatic heterocycles. The summed E-state index contributed by atoms with van der Waals surface area (Å²) in [4.78, 5) is 25.9. The van der Waals surface area contributed by atoms with Gasteiger partial charge in [-0.3, -0.25) is 19.0 Å². The van der Waals surface area contributed by atoms with Gasteiger partial charge in [-0.05, 0) is 18.2 Å². The normalized spacial score (nSPS) is 11.0. The van der Waals surface area contributed by atoms with Gasteiger partial charge in [-0.25, -0.2) is 8.42 Å². The van der Waals surface area contributed by atoms with E-state index >= 15 is 0 Å². The molecule has 2 amide bonds. The molecule has 146 valence electrons. The number of aromatic nitrogens is 2. The molecule has 0 saturated heterocycles. The maximum absolute atomic E-state index is 12.5. The van der Waals surface area contributed by atoms with Crippen LogP contribution in [-0.4, -0.2) is 61.9 Å². The van der Waals surface area contributed by atoms with E-state index in [1.807, 2.05) is 0 Å². The number of hydrogen-bond acceptors (Lipinski definition) is 6. The van der Waals surface area contributed by atoms with Gasteiger partial charge in [0.15, 0.2) is 0 Å². The van der Waals surface area contributed by atoms with Crippen molar-refractivity contribution in [2.75, 3.05) is 37.0 Å². The molecule has 27 heavy (non-hydrogen) atoms. The van der Waals surface area contributed by atoms with Crippen molar-refractivity contribution in [3.05, 3.63) is 36.0 Å². The van der Waals surface area contributed by atoms with E-state index < -0.39 is 21.8 Å². The first kappa shape index (κ1) is 20.2. The molecule has 1 heterocycles. The minimum atomic E-state index is -3.42. The highest BCUT2D eigenvalue weighted by Crippen LogP contribution is 2.18. The molecule has 0 aliphatic carbocycles. The Kier molecular flexibility index (Phi) is 6.05. The lowest BCUT2D eigenvalue weighted by atomic mass is 10.2. The molecule has 2 N–H and O–H groups in total. The molecule has 0 unspecified atom stereocenters. The monoisotopic (exact) mass is 395 g/mol. The highest BCUT2D eigenvalue weighted by Gasteiger charge is 2.21. The first-order valence-corrected chi connectivity index (χ1v) is 9.69. The molecule has 1 aromatic heterocycles. The molecule has 2 aromatic rings. The molecule has 0 spiro atoms. The lowest BCUT2D eigenvalue weighted by molar-refractivity contribution is -0.116. The summed E-state index contributed by atoms with van der Waals surface area (Å²) >= 11 is 0. The highest BCUT2D eigenvalue weighted by molar-refractivity contribution is 7.92. The van der Waals surface area contributed by atoms with Gasteiger partial charge in [0.25, 0.3) is 5.91 Å². The van der Waals surface area contributed by atoms with Crippen LogP contribution < -0.4 is 14.8 Å². The molecule has 0 radical (unpaired) electrons. The van der Waals surface area contributed by atoms with E-state index in [-0.39, 0.29) is 18.0 Å². The number of ether oxygens (including phenoxy) is 1. The second-order valence-electron chi connectivity index (χ2n) is 5.89. The zero-order valence-corrected chi connectivity index (χ0v) is 16.2. The Labute approximate surface area is 157 Å². The van der Waals surface area contributed by atoms with Gasteiger partial charge >= 0.3 is 0 Å². The summed E-state index contributed by atoms with van der Waals surface area (Å²) < 4.78 is 31.4. The number of aryl methyl sites for hydroxylation is 1.